The fourth-order valence-corrected chi connectivity index (χ4v) is 12.1. The number of allylic oxidation sites excluding steroid dienone is 6. The third-order valence-electron chi connectivity index (χ3n) is 15.0. The van der Waals surface area contributed by atoms with Crippen LogP contribution < -0.4 is 4.72 Å². The summed E-state index contributed by atoms with van der Waals surface area (Å²) in [5.74, 6) is -10.2. The molecule has 2 heterocycles. The van der Waals surface area contributed by atoms with Crippen molar-refractivity contribution in [3.8, 4) is 0 Å². The molecular weight excluding hydrogens is 1010 g/mol. The van der Waals surface area contributed by atoms with E-state index in [4.69, 9.17) is 28.4 Å². The van der Waals surface area contributed by atoms with Gasteiger partial charge in [-0.05, 0) is 102 Å². The van der Waals surface area contributed by atoms with Crippen molar-refractivity contribution in [2.75, 3.05) is 59.4 Å². The molecule has 3 rings (SSSR count). The second kappa shape index (κ2) is 30.6. The summed E-state index contributed by atoms with van der Waals surface area (Å²) in [6.45, 7) is 12.3. The number of amides is 1. The number of carbonyl (C=O) groups is 5. The molecule has 428 valence electrons. The summed E-state index contributed by atoms with van der Waals surface area (Å²) in [6.07, 6.45) is 9.92. The van der Waals surface area contributed by atoms with E-state index in [0.717, 1.165) is 17.6 Å². The number of sulfone groups is 1. The first kappa shape index (κ1) is 65.8. The Balaban J connectivity index is 2.04. The quantitative estimate of drug-likeness (QED) is 0.0862. The normalized spacial score (nSPS) is 35.2. The van der Waals surface area contributed by atoms with Crippen LogP contribution in [0, 0.1) is 29.6 Å². The standard InChI is InChI=1S/C54H88N2O17S2/c1-34-19-16-14-13-15-17-20-35(2)48(58)50(70-11)49(59)38(5)29-36(3)44(57)33-46(37(4)30-41-22-24-45(47(31-41)69-10)71-26-25-68-9)72-53(62)40(7)56(8)52(61)51(60)54(63)39(6)21-23-42(73-54)32-43(34)55-75(66,67)28-18-27-74(12,64)65/h13-16,19,29,35-37,39-43,45-47,49-50,55,59,63H,17-18,20-28,30-33H2,1-12H3/b15-13-,16-14-,34-19-,38-29-/t35?,36?,37-,39+,40?,41+,42-,43?,45-,46?,47-,49?,50?,54+/m1/s1. The number of hydrogen-bond acceptors (Lipinski definition) is 17. The molecule has 21 heteroatoms. The minimum absolute atomic E-state index is 0.0862. The zero-order valence-electron chi connectivity index (χ0n) is 46.4. The number of hydrogen-bond donors (Lipinski definition) is 3. The number of ketones is 3. The highest BCUT2D eigenvalue weighted by Gasteiger charge is 2.52. The van der Waals surface area contributed by atoms with Crippen LogP contribution in [0.5, 0.6) is 0 Å². The number of methoxy groups -OCH3 is 3. The number of aliphatic hydroxyl groups is 2. The predicted molar refractivity (Wildman–Crippen MR) is 283 cm³/mol. The lowest BCUT2D eigenvalue weighted by atomic mass is 9.78. The van der Waals surface area contributed by atoms with Gasteiger partial charge in [-0.25, -0.2) is 26.4 Å². The van der Waals surface area contributed by atoms with Crippen LogP contribution in [0.25, 0.3) is 0 Å². The fraction of sp³-hybridized carbons (Fsp3) is 0.759. The van der Waals surface area contributed by atoms with Gasteiger partial charge in [-0.1, -0.05) is 69.7 Å². The third kappa shape index (κ3) is 20.3. The number of nitrogens with one attached hydrogen (secondary N) is 1. The molecule has 1 aliphatic carbocycles. The minimum atomic E-state index is -4.08. The number of aliphatic hydroxyl groups excluding tert-OH is 1. The molecule has 3 aliphatic rings. The van der Waals surface area contributed by atoms with Crippen molar-refractivity contribution in [3.05, 3.63) is 47.6 Å². The Hall–Kier alpha value is -3.51. The van der Waals surface area contributed by atoms with E-state index in [1.807, 2.05) is 13.0 Å². The molecule has 2 aliphatic heterocycles. The monoisotopic (exact) mass is 1100 g/mol. The minimum Gasteiger partial charge on any atom is -0.460 e. The highest BCUT2D eigenvalue weighted by Crippen LogP contribution is 2.37. The lowest BCUT2D eigenvalue weighted by Crippen LogP contribution is -2.59. The van der Waals surface area contributed by atoms with E-state index in [1.165, 1.54) is 21.1 Å². The first-order valence-corrected chi connectivity index (χ1v) is 30.0. The Kier molecular flexibility index (Phi) is 26.8. The summed E-state index contributed by atoms with van der Waals surface area (Å²) in [6, 6.07) is -2.35. The highest BCUT2D eigenvalue weighted by molar-refractivity contribution is 7.91. The largest absolute Gasteiger partial charge is 0.460 e. The molecule has 2 fully saturated rings. The summed E-state index contributed by atoms with van der Waals surface area (Å²) >= 11 is 0. The first-order valence-electron chi connectivity index (χ1n) is 26.3. The van der Waals surface area contributed by atoms with Gasteiger partial charge in [0.1, 0.15) is 40.0 Å². The molecule has 0 aromatic carbocycles. The van der Waals surface area contributed by atoms with E-state index >= 15 is 0 Å². The van der Waals surface area contributed by atoms with Crippen molar-refractivity contribution in [2.24, 2.45) is 29.6 Å². The van der Waals surface area contributed by atoms with Gasteiger partial charge >= 0.3 is 5.97 Å². The molecule has 0 aromatic rings. The van der Waals surface area contributed by atoms with Crippen LogP contribution in [0.4, 0.5) is 0 Å². The van der Waals surface area contributed by atoms with E-state index in [1.54, 1.807) is 79.2 Å². The second-order valence-electron chi connectivity index (χ2n) is 21.2. The van der Waals surface area contributed by atoms with Crippen LogP contribution in [0.2, 0.25) is 0 Å². The van der Waals surface area contributed by atoms with Crippen LogP contribution >= 0.6 is 0 Å². The number of fused-ring (bicyclic) bond motifs is 2. The molecule has 0 aromatic heterocycles. The number of nitrogens with zero attached hydrogens (tertiary/aromatic N) is 1. The summed E-state index contributed by atoms with van der Waals surface area (Å²) in [7, 11) is -1.75. The number of rotatable bonds is 15. The van der Waals surface area contributed by atoms with Crippen molar-refractivity contribution in [1.29, 1.82) is 0 Å². The van der Waals surface area contributed by atoms with E-state index in [2.05, 4.69) is 4.72 Å². The van der Waals surface area contributed by atoms with Crippen LogP contribution in [-0.4, -0.2) is 175 Å². The van der Waals surface area contributed by atoms with Gasteiger partial charge in [0, 0.05) is 64.8 Å². The maximum absolute atomic E-state index is 14.2. The first-order chi connectivity index (χ1) is 35.1. The number of sulfonamides is 1. The average molecular weight is 1100 g/mol. The smallest absolute Gasteiger partial charge is 0.328 e. The topological polar surface area (TPSA) is 265 Å². The van der Waals surface area contributed by atoms with Crippen LogP contribution in [0.1, 0.15) is 119 Å². The molecule has 14 atom stereocenters. The molecule has 1 amide bonds. The van der Waals surface area contributed by atoms with Crippen molar-refractivity contribution in [1.82, 2.24) is 9.62 Å². The summed E-state index contributed by atoms with van der Waals surface area (Å²) in [5.41, 5.74) is 0.851. The van der Waals surface area contributed by atoms with E-state index in [9.17, 15) is 51.0 Å². The van der Waals surface area contributed by atoms with Gasteiger partial charge in [-0.2, -0.15) is 0 Å². The zero-order valence-corrected chi connectivity index (χ0v) is 48.0. The Morgan fingerprint density at radius 2 is 1.56 bits per heavy atom. The number of ether oxygens (including phenoxy) is 6. The number of Topliss-reactive ketones (excluding diaryl/α,β-unsaturated/α-hetero) is 3. The van der Waals surface area contributed by atoms with Gasteiger partial charge in [0.15, 0.2) is 5.78 Å². The molecule has 2 bridgehead atoms. The number of carbonyl (C=O) groups excluding carboxylic acids is 5. The molecule has 1 saturated heterocycles. The maximum Gasteiger partial charge on any atom is 0.328 e. The molecule has 3 N–H and O–H groups in total. The van der Waals surface area contributed by atoms with E-state index in [-0.39, 0.29) is 67.5 Å². The lowest BCUT2D eigenvalue weighted by Gasteiger charge is -2.42. The highest BCUT2D eigenvalue weighted by atomic mass is 32.2. The van der Waals surface area contributed by atoms with Gasteiger partial charge < -0.3 is 43.5 Å². The number of cyclic esters (lactones) is 1. The van der Waals surface area contributed by atoms with Crippen molar-refractivity contribution >= 4 is 49.1 Å². The Labute approximate surface area is 446 Å². The summed E-state index contributed by atoms with van der Waals surface area (Å²) in [5, 5.41) is 23.4. The molecule has 75 heavy (non-hydrogen) atoms. The van der Waals surface area contributed by atoms with Gasteiger partial charge in [0.25, 0.3) is 11.7 Å². The number of esters is 1. The molecule has 7 unspecified atom stereocenters. The second-order valence-corrected chi connectivity index (χ2v) is 25.3. The molecule has 0 spiro atoms. The number of likely N-dealkylation sites (N-methyl/N-ethyl adjacent to an activating group) is 1. The van der Waals surface area contributed by atoms with Gasteiger partial charge in [-0.15, -0.1) is 0 Å². The Bertz CT molecular complexity index is 2260. The van der Waals surface area contributed by atoms with E-state index < -0.39 is 109 Å². The summed E-state index contributed by atoms with van der Waals surface area (Å²) in [4.78, 5) is 71.1. The molecular formula is C54H88N2O17S2. The van der Waals surface area contributed by atoms with Gasteiger partial charge in [0.2, 0.25) is 15.8 Å². The SMILES string of the molecule is COCCO[C@@H]1CC[C@@H](C[C@@H](C)C2CC(=O)C(C)/C=C(/C)C(O)C(OC)C(=O)C(C)CC\C=C/C=C\C=C(\C)C(NS(=O)(=O)CCCS(C)(=O)=O)C[C@H]3CC[C@H](C)[C@](O)(O3)C(=O)C(=O)N(C)C(C)C(=O)O2)C[C@H]1OC. The molecule has 1 saturated carbocycles. The lowest BCUT2D eigenvalue weighted by molar-refractivity contribution is -0.263. The Morgan fingerprint density at radius 1 is 0.867 bits per heavy atom. The predicted octanol–water partition coefficient (Wildman–Crippen LogP) is 4.78. The Morgan fingerprint density at radius 3 is 2.20 bits per heavy atom. The van der Waals surface area contributed by atoms with Gasteiger partial charge in [0.05, 0.1) is 43.0 Å². The third-order valence-corrected chi connectivity index (χ3v) is 17.5. The van der Waals surface area contributed by atoms with Crippen LogP contribution in [-0.2, 0) is 72.3 Å². The van der Waals surface area contributed by atoms with Crippen molar-refractivity contribution in [3.63, 3.8) is 0 Å². The summed E-state index contributed by atoms with van der Waals surface area (Å²) < 4.78 is 87.8. The molecule has 0 radical (unpaired) electrons. The zero-order chi connectivity index (χ0) is 56.4. The van der Waals surface area contributed by atoms with Crippen molar-refractivity contribution in [2.45, 2.75) is 174 Å². The molecule has 19 nitrogen and oxygen atoms in total. The van der Waals surface area contributed by atoms with Crippen LogP contribution in [0.3, 0.4) is 0 Å². The van der Waals surface area contributed by atoms with E-state index in [0.29, 0.717) is 56.5 Å². The van der Waals surface area contributed by atoms with Crippen LogP contribution in [0.15, 0.2) is 47.6 Å². The van der Waals surface area contributed by atoms with Gasteiger partial charge in [-0.3, -0.25) is 19.2 Å². The maximum atomic E-state index is 14.2. The average Bonchev–Trinajstić information content (AvgIpc) is 3.35. The fourth-order valence-electron chi connectivity index (χ4n) is 9.87. The van der Waals surface area contributed by atoms with Crippen molar-refractivity contribution < 1.29 is 79.4 Å².